The first-order valence-corrected chi connectivity index (χ1v) is 12.2. The lowest BCUT2D eigenvalue weighted by Crippen LogP contribution is -2.38. The van der Waals surface area contributed by atoms with E-state index in [1.54, 1.807) is 12.1 Å². The van der Waals surface area contributed by atoms with Gasteiger partial charge in [0.15, 0.2) is 0 Å². The van der Waals surface area contributed by atoms with Crippen molar-refractivity contribution in [1.29, 1.82) is 0 Å². The number of hydrogen-bond acceptors (Lipinski definition) is 6. The molecule has 1 saturated heterocycles. The van der Waals surface area contributed by atoms with Crippen LogP contribution in [0.3, 0.4) is 0 Å². The Labute approximate surface area is 189 Å². The van der Waals surface area contributed by atoms with E-state index in [0.717, 1.165) is 10.0 Å². The van der Waals surface area contributed by atoms with Crippen LogP contribution in [0.2, 0.25) is 0 Å². The van der Waals surface area contributed by atoms with E-state index in [9.17, 15) is 13.2 Å². The number of primary amides is 1. The monoisotopic (exact) mass is 503 g/mol. The van der Waals surface area contributed by atoms with Gasteiger partial charge in [0.05, 0.1) is 4.90 Å². The molecule has 1 fully saturated rings. The number of aryl methyl sites for hydroxylation is 1. The van der Waals surface area contributed by atoms with E-state index >= 15 is 0 Å². The molecule has 9 heteroatoms. The number of anilines is 1. The quantitative estimate of drug-likeness (QED) is 0.564. The highest BCUT2D eigenvalue weighted by molar-refractivity contribution is 9.10. The van der Waals surface area contributed by atoms with Gasteiger partial charge in [0.25, 0.3) is 0 Å². The molecule has 0 spiro atoms. The maximum Gasteiger partial charge on any atom is 0.236 e. The molecule has 31 heavy (non-hydrogen) atoms. The van der Waals surface area contributed by atoms with E-state index in [0.29, 0.717) is 31.5 Å². The lowest BCUT2D eigenvalue weighted by atomic mass is 9.96. The number of nitrogens with two attached hydrogens (primary N) is 1. The van der Waals surface area contributed by atoms with Crippen LogP contribution in [-0.4, -0.2) is 32.4 Å². The van der Waals surface area contributed by atoms with Crippen molar-refractivity contribution in [2.75, 3.05) is 18.0 Å². The highest BCUT2D eigenvalue weighted by Gasteiger charge is 2.34. The fraction of sp³-hybridized carbons (Fsp3) is 0.273. The van der Waals surface area contributed by atoms with Crippen molar-refractivity contribution >= 4 is 37.6 Å². The lowest BCUT2D eigenvalue weighted by Gasteiger charge is -2.30. The van der Waals surface area contributed by atoms with Gasteiger partial charge < -0.3 is 15.1 Å². The van der Waals surface area contributed by atoms with E-state index in [1.807, 2.05) is 36.1 Å². The predicted octanol–water partition coefficient (Wildman–Crippen LogP) is 3.95. The van der Waals surface area contributed by atoms with E-state index in [-0.39, 0.29) is 33.5 Å². The lowest BCUT2D eigenvalue weighted by molar-refractivity contribution is -0.122. The standard InChI is InChI=1S/C22H22BrN3O4S/c1-14-2-4-16(5-3-14)20-25-21(31(28,29)18-8-6-17(23)7-9-18)22(30-20)26-12-10-15(11-13-26)19(24)27/h2-9,15H,10-13H2,1H3,(H2,24,27). The van der Waals surface area contributed by atoms with Gasteiger partial charge in [-0.15, -0.1) is 0 Å². The van der Waals surface area contributed by atoms with Gasteiger partial charge in [0, 0.05) is 29.0 Å². The zero-order valence-electron chi connectivity index (χ0n) is 16.9. The van der Waals surface area contributed by atoms with Gasteiger partial charge in [-0.1, -0.05) is 33.6 Å². The largest absolute Gasteiger partial charge is 0.419 e. The Balaban J connectivity index is 1.78. The number of benzene rings is 2. The number of halogens is 1. The van der Waals surface area contributed by atoms with Crippen LogP contribution in [0.25, 0.3) is 11.5 Å². The van der Waals surface area contributed by atoms with Crippen molar-refractivity contribution in [2.45, 2.75) is 29.7 Å². The number of amides is 1. The second kappa shape index (κ2) is 8.47. The van der Waals surface area contributed by atoms with Crippen LogP contribution in [0.4, 0.5) is 5.88 Å². The third-order valence-electron chi connectivity index (χ3n) is 5.44. The van der Waals surface area contributed by atoms with Crippen molar-refractivity contribution in [3.05, 3.63) is 58.6 Å². The van der Waals surface area contributed by atoms with Crippen molar-refractivity contribution in [1.82, 2.24) is 4.98 Å². The Morgan fingerprint density at radius 3 is 2.29 bits per heavy atom. The van der Waals surface area contributed by atoms with Crippen LogP contribution in [0, 0.1) is 12.8 Å². The van der Waals surface area contributed by atoms with Gasteiger partial charge in [-0.05, 0) is 56.2 Å². The second-order valence-corrected chi connectivity index (χ2v) is 10.4. The van der Waals surface area contributed by atoms with Crippen molar-refractivity contribution in [2.24, 2.45) is 11.7 Å². The molecule has 1 amide bonds. The molecular weight excluding hydrogens is 482 g/mol. The third-order valence-corrected chi connectivity index (χ3v) is 7.64. The van der Waals surface area contributed by atoms with E-state index in [1.165, 1.54) is 12.1 Å². The third kappa shape index (κ3) is 4.38. The summed E-state index contributed by atoms with van der Waals surface area (Å²) in [5, 5.41) is -0.122. The summed E-state index contributed by atoms with van der Waals surface area (Å²) in [5.41, 5.74) is 7.20. The number of carbonyl (C=O) groups excluding carboxylic acids is 1. The Morgan fingerprint density at radius 2 is 1.71 bits per heavy atom. The summed E-state index contributed by atoms with van der Waals surface area (Å²) in [6.45, 7) is 2.88. The Hall–Kier alpha value is -2.65. The molecule has 0 unspecified atom stereocenters. The number of aromatic nitrogens is 1. The smallest absolute Gasteiger partial charge is 0.236 e. The van der Waals surface area contributed by atoms with Crippen molar-refractivity contribution in [3.8, 4) is 11.5 Å². The zero-order chi connectivity index (χ0) is 22.2. The highest BCUT2D eigenvalue weighted by atomic mass is 79.9. The molecule has 7 nitrogen and oxygen atoms in total. The van der Waals surface area contributed by atoms with E-state index in [2.05, 4.69) is 20.9 Å². The summed E-state index contributed by atoms with van der Waals surface area (Å²) in [6.07, 6.45) is 1.07. The molecule has 1 aromatic heterocycles. The normalized spacial score (nSPS) is 15.2. The van der Waals surface area contributed by atoms with Crippen LogP contribution < -0.4 is 10.6 Å². The second-order valence-electron chi connectivity index (χ2n) is 7.62. The number of piperidine rings is 1. The Bertz CT molecular complexity index is 1200. The molecule has 162 valence electrons. The Morgan fingerprint density at radius 1 is 1.10 bits per heavy atom. The SMILES string of the molecule is Cc1ccc(-c2nc(S(=O)(=O)c3ccc(Br)cc3)c(N3CCC(C(N)=O)CC3)o2)cc1. The molecule has 3 aromatic rings. The molecule has 2 heterocycles. The summed E-state index contributed by atoms with van der Waals surface area (Å²) >= 11 is 3.33. The number of oxazole rings is 1. The fourth-order valence-electron chi connectivity index (χ4n) is 3.59. The topological polar surface area (TPSA) is 107 Å². The summed E-state index contributed by atoms with van der Waals surface area (Å²) < 4.78 is 33.7. The summed E-state index contributed by atoms with van der Waals surface area (Å²) in [7, 11) is -3.92. The average Bonchev–Trinajstić information content (AvgIpc) is 3.21. The van der Waals surface area contributed by atoms with Crippen LogP contribution in [0.15, 0.2) is 67.3 Å². The molecule has 2 N–H and O–H groups in total. The number of nitrogens with zero attached hydrogens (tertiary/aromatic N) is 2. The van der Waals surface area contributed by atoms with Crippen LogP contribution in [0.1, 0.15) is 18.4 Å². The maximum atomic E-state index is 13.4. The minimum absolute atomic E-state index is 0.122. The fourth-order valence-corrected chi connectivity index (χ4v) is 5.17. The van der Waals surface area contributed by atoms with Gasteiger partial charge in [-0.2, -0.15) is 4.98 Å². The predicted molar refractivity (Wildman–Crippen MR) is 120 cm³/mol. The first-order valence-electron chi connectivity index (χ1n) is 9.88. The molecule has 1 aliphatic rings. The van der Waals surface area contributed by atoms with Gasteiger partial charge >= 0.3 is 0 Å². The first kappa shape index (κ1) is 21.6. The number of hydrogen-bond donors (Lipinski definition) is 1. The average molecular weight is 504 g/mol. The van der Waals surface area contributed by atoms with Gasteiger partial charge in [-0.3, -0.25) is 4.79 Å². The minimum Gasteiger partial charge on any atom is -0.419 e. The molecule has 1 aliphatic heterocycles. The molecule has 0 aliphatic carbocycles. The molecule has 0 saturated carbocycles. The molecule has 0 atom stereocenters. The molecule has 0 bridgehead atoms. The first-order chi connectivity index (χ1) is 14.8. The molecule has 2 aromatic carbocycles. The maximum absolute atomic E-state index is 13.4. The van der Waals surface area contributed by atoms with Gasteiger partial charge in [0.1, 0.15) is 0 Å². The number of sulfone groups is 1. The summed E-state index contributed by atoms with van der Waals surface area (Å²) in [4.78, 5) is 17.9. The van der Waals surface area contributed by atoms with Crippen LogP contribution in [0.5, 0.6) is 0 Å². The number of rotatable bonds is 5. The van der Waals surface area contributed by atoms with Gasteiger partial charge in [0.2, 0.25) is 32.5 Å². The summed E-state index contributed by atoms with van der Waals surface area (Å²) in [5.74, 6) is -0.119. The number of carbonyl (C=O) groups is 1. The Kier molecular flexibility index (Phi) is 5.90. The van der Waals surface area contributed by atoms with E-state index in [4.69, 9.17) is 10.2 Å². The van der Waals surface area contributed by atoms with Crippen molar-refractivity contribution in [3.63, 3.8) is 0 Å². The highest BCUT2D eigenvalue weighted by Crippen LogP contribution is 2.36. The van der Waals surface area contributed by atoms with Crippen molar-refractivity contribution < 1.29 is 17.6 Å². The zero-order valence-corrected chi connectivity index (χ0v) is 19.3. The molecular formula is C22H22BrN3O4S. The van der Waals surface area contributed by atoms with E-state index < -0.39 is 9.84 Å². The van der Waals surface area contributed by atoms with Crippen LogP contribution in [-0.2, 0) is 14.6 Å². The minimum atomic E-state index is -3.92. The van der Waals surface area contributed by atoms with Gasteiger partial charge in [-0.25, -0.2) is 8.42 Å². The molecule has 4 rings (SSSR count). The molecule has 0 radical (unpaired) electrons. The summed E-state index contributed by atoms with van der Waals surface area (Å²) in [6, 6.07) is 13.9. The van der Waals surface area contributed by atoms with Crippen LogP contribution >= 0.6 is 15.9 Å².